The molecular weight excluding hydrogens is 374 g/mol. The zero-order valence-corrected chi connectivity index (χ0v) is 17.0. The summed E-state index contributed by atoms with van der Waals surface area (Å²) < 4.78 is 0. The molecule has 1 atom stereocenters. The summed E-state index contributed by atoms with van der Waals surface area (Å²) >= 11 is 1.38. The van der Waals surface area contributed by atoms with Crippen molar-refractivity contribution < 1.29 is 14.4 Å². The van der Waals surface area contributed by atoms with E-state index in [0.29, 0.717) is 18.0 Å². The maximum atomic E-state index is 12.8. The van der Waals surface area contributed by atoms with Crippen molar-refractivity contribution in [2.75, 3.05) is 13.1 Å². The summed E-state index contributed by atoms with van der Waals surface area (Å²) in [6, 6.07) is 3.35. The van der Waals surface area contributed by atoms with E-state index >= 15 is 0 Å². The molecule has 3 fully saturated rings. The standard InChI is InChI=1S/C21H29N3O3S/c25-19(17-6-3-13-28-17)23-18(20(26)22-16-7-8-16)14-9-11-24(12-10-14)21(27)15-4-1-2-5-15/h3,6,13-16,18H,1-2,4-5,7-12H2,(H,22,26)(H,23,25). The van der Waals surface area contributed by atoms with Gasteiger partial charge in [0.15, 0.2) is 0 Å². The first-order chi connectivity index (χ1) is 13.6. The van der Waals surface area contributed by atoms with E-state index < -0.39 is 6.04 Å². The fourth-order valence-corrected chi connectivity index (χ4v) is 5.05. The Morgan fingerprint density at radius 1 is 1.04 bits per heavy atom. The number of hydrogen-bond donors (Lipinski definition) is 2. The first-order valence-corrected chi connectivity index (χ1v) is 11.4. The van der Waals surface area contributed by atoms with Gasteiger partial charge < -0.3 is 15.5 Å². The van der Waals surface area contributed by atoms with Crippen molar-refractivity contribution in [2.45, 2.75) is 63.5 Å². The molecule has 0 bridgehead atoms. The van der Waals surface area contributed by atoms with E-state index in [4.69, 9.17) is 0 Å². The molecule has 1 aromatic rings. The van der Waals surface area contributed by atoms with Crippen molar-refractivity contribution >= 4 is 29.1 Å². The van der Waals surface area contributed by atoms with Gasteiger partial charge in [0.25, 0.3) is 5.91 Å². The minimum Gasteiger partial charge on any atom is -0.352 e. The van der Waals surface area contributed by atoms with Gasteiger partial charge in [0.1, 0.15) is 6.04 Å². The van der Waals surface area contributed by atoms with Gasteiger partial charge in [-0.05, 0) is 55.9 Å². The Morgan fingerprint density at radius 3 is 2.36 bits per heavy atom. The molecule has 6 nitrogen and oxygen atoms in total. The van der Waals surface area contributed by atoms with Crippen molar-refractivity contribution in [3.8, 4) is 0 Å². The third-order valence-electron chi connectivity index (χ3n) is 6.26. The molecule has 2 aliphatic carbocycles. The number of piperidine rings is 1. The van der Waals surface area contributed by atoms with Crippen LogP contribution in [0, 0.1) is 11.8 Å². The lowest BCUT2D eigenvalue weighted by molar-refractivity contribution is -0.137. The molecular formula is C21H29N3O3S. The highest BCUT2D eigenvalue weighted by Gasteiger charge is 2.37. The molecule has 2 N–H and O–H groups in total. The lowest BCUT2D eigenvalue weighted by Gasteiger charge is -2.36. The molecule has 0 spiro atoms. The van der Waals surface area contributed by atoms with Crippen molar-refractivity contribution in [1.29, 1.82) is 0 Å². The smallest absolute Gasteiger partial charge is 0.262 e. The predicted octanol–water partition coefficient (Wildman–Crippen LogP) is 2.55. The summed E-state index contributed by atoms with van der Waals surface area (Å²) in [5.74, 6) is 0.292. The minimum atomic E-state index is -0.529. The average Bonchev–Trinajstić information content (AvgIpc) is 3.18. The number of thiophene rings is 1. The van der Waals surface area contributed by atoms with E-state index in [0.717, 1.165) is 51.4 Å². The van der Waals surface area contributed by atoms with Gasteiger partial charge in [-0.15, -0.1) is 11.3 Å². The quantitative estimate of drug-likeness (QED) is 0.766. The van der Waals surface area contributed by atoms with Crippen LogP contribution in [0.1, 0.15) is 61.0 Å². The molecule has 3 amide bonds. The average molecular weight is 404 g/mol. The first-order valence-electron chi connectivity index (χ1n) is 10.6. The van der Waals surface area contributed by atoms with Crippen LogP contribution < -0.4 is 10.6 Å². The number of hydrogen-bond acceptors (Lipinski definition) is 4. The van der Waals surface area contributed by atoms with Crippen LogP contribution in [0.4, 0.5) is 0 Å². The Morgan fingerprint density at radius 2 is 1.75 bits per heavy atom. The van der Waals surface area contributed by atoms with E-state index in [9.17, 15) is 14.4 Å². The van der Waals surface area contributed by atoms with Gasteiger partial charge in [-0.3, -0.25) is 14.4 Å². The highest BCUT2D eigenvalue weighted by molar-refractivity contribution is 7.12. The maximum absolute atomic E-state index is 12.8. The van der Waals surface area contributed by atoms with Crippen LogP contribution in [-0.4, -0.2) is 47.8 Å². The van der Waals surface area contributed by atoms with E-state index in [1.165, 1.54) is 11.3 Å². The molecule has 152 valence electrons. The van der Waals surface area contributed by atoms with E-state index in [2.05, 4.69) is 10.6 Å². The summed E-state index contributed by atoms with van der Waals surface area (Å²) in [6.45, 7) is 1.37. The van der Waals surface area contributed by atoms with Crippen molar-refractivity contribution in [2.24, 2.45) is 11.8 Å². The van der Waals surface area contributed by atoms with E-state index in [-0.39, 0.29) is 35.6 Å². The largest absolute Gasteiger partial charge is 0.352 e. The molecule has 1 aromatic heterocycles. The fraction of sp³-hybridized carbons (Fsp3) is 0.667. The molecule has 4 rings (SSSR count). The second kappa shape index (κ2) is 8.64. The molecule has 0 aromatic carbocycles. The molecule has 1 saturated heterocycles. The van der Waals surface area contributed by atoms with E-state index in [1.54, 1.807) is 6.07 Å². The molecule has 3 aliphatic rings. The van der Waals surface area contributed by atoms with Crippen molar-refractivity contribution in [3.63, 3.8) is 0 Å². The molecule has 0 radical (unpaired) electrons. The number of rotatable bonds is 6. The number of nitrogens with one attached hydrogen (secondary N) is 2. The summed E-state index contributed by atoms with van der Waals surface area (Å²) in [4.78, 5) is 40.7. The topological polar surface area (TPSA) is 78.5 Å². The number of carbonyl (C=O) groups excluding carboxylic acids is 3. The number of likely N-dealkylation sites (tertiary alicyclic amines) is 1. The second-order valence-corrected chi connectivity index (χ2v) is 9.30. The summed E-state index contributed by atoms with van der Waals surface area (Å²) in [5.41, 5.74) is 0. The zero-order valence-electron chi connectivity index (χ0n) is 16.2. The zero-order chi connectivity index (χ0) is 19.5. The Hall–Kier alpha value is -1.89. The third kappa shape index (κ3) is 4.57. The molecule has 1 unspecified atom stereocenters. The number of nitrogens with zero attached hydrogens (tertiary/aromatic N) is 1. The third-order valence-corrected chi connectivity index (χ3v) is 7.13. The van der Waals surface area contributed by atoms with Crippen LogP contribution in [-0.2, 0) is 9.59 Å². The van der Waals surface area contributed by atoms with Crippen molar-refractivity contribution in [1.82, 2.24) is 15.5 Å². The maximum Gasteiger partial charge on any atom is 0.262 e. The molecule has 2 saturated carbocycles. The van der Waals surface area contributed by atoms with Crippen LogP contribution in [0.3, 0.4) is 0 Å². The second-order valence-electron chi connectivity index (χ2n) is 8.36. The number of amides is 3. The molecule has 1 aliphatic heterocycles. The van der Waals surface area contributed by atoms with Gasteiger partial charge in [0.05, 0.1) is 4.88 Å². The van der Waals surface area contributed by atoms with Gasteiger partial charge in [0, 0.05) is 25.0 Å². The lowest BCUT2D eigenvalue weighted by atomic mass is 9.88. The highest BCUT2D eigenvalue weighted by Crippen LogP contribution is 2.29. The van der Waals surface area contributed by atoms with Gasteiger partial charge >= 0.3 is 0 Å². The Kier molecular flexibility index (Phi) is 5.99. The summed E-state index contributed by atoms with van der Waals surface area (Å²) in [6.07, 6.45) is 7.90. The van der Waals surface area contributed by atoms with Gasteiger partial charge in [-0.2, -0.15) is 0 Å². The summed E-state index contributed by atoms with van der Waals surface area (Å²) in [5, 5.41) is 7.89. The van der Waals surface area contributed by atoms with Crippen LogP contribution >= 0.6 is 11.3 Å². The minimum absolute atomic E-state index is 0.0651. The van der Waals surface area contributed by atoms with Crippen LogP contribution in [0.5, 0.6) is 0 Å². The Labute approximate surface area is 170 Å². The fourth-order valence-electron chi connectivity index (χ4n) is 4.42. The van der Waals surface area contributed by atoms with Crippen LogP contribution in [0.25, 0.3) is 0 Å². The SMILES string of the molecule is O=C(NC(C(=O)NC1CC1)C1CCN(C(=O)C2CCCC2)CC1)c1cccs1. The van der Waals surface area contributed by atoms with E-state index in [1.807, 2.05) is 16.3 Å². The molecule has 2 heterocycles. The van der Waals surface area contributed by atoms with Gasteiger partial charge in [0.2, 0.25) is 11.8 Å². The van der Waals surface area contributed by atoms with Crippen LogP contribution in [0.15, 0.2) is 17.5 Å². The Balaban J connectivity index is 1.37. The normalized spacial score (nSPS) is 22.1. The monoisotopic (exact) mass is 403 g/mol. The highest BCUT2D eigenvalue weighted by atomic mass is 32.1. The first kappa shape index (κ1) is 19.4. The van der Waals surface area contributed by atoms with Gasteiger partial charge in [-0.1, -0.05) is 18.9 Å². The van der Waals surface area contributed by atoms with Crippen LogP contribution in [0.2, 0.25) is 0 Å². The van der Waals surface area contributed by atoms with Crippen molar-refractivity contribution in [3.05, 3.63) is 22.4 Å². The Bertz CT molecular complexity index is 702. The summed E-state index contributed by atoms with van der Waals surface area (Å²) in [7, 11) is 0. The van der Waals surface area contributed by atoms with Gasteiger partial charge in [-0.25, -0.2) is 0 Å². The molecule has 7 heteroatoms. The predicted molar refractivity (Wildman–Crippen MR) is 108 cm³/mol. The molecule has 28 heavy (non-hydrogen) atoms. The number of carbonyl (C=O) groups is 3. The lowest BCUT2D eigenvalue weighted by Crippen LogP contribution is -2.54.